The number of methoxy groups -OCH3 is 1. The first-order valence-corrected chi connectivity index (χ1v) is 16.1. The molecule has 0 radical (unpaired) electrons. The summed E-state index contributed by atoms with van der Waals surface area (Å²) in [6, 6.07) is 14.5. The van der Waals surface area contributed by atoms with Crippen molar-refractivity contribution >= 4 is 33.0 Å². The Hall–Kier alpha value is -3.12. The van der Waals surface area contributed by atoms with Gasteiger partial charge in [0.1, 0.15) is 5.69 Å². The van der Waals surface area contributed by atoms with Gasteiger partial charge in [0.25, 0.3) is 0 Å². The molecule has 0 N–H and O–H groups in total. The van der Waals surface area contributed by atoms with Crippen molar-refractivity contribution in [2.75, 3.05) is 69.9 Å². The predicted molar refractivity (Wildman–Crippen MR) is 166 cm³/mol. The maximum atomic E-state index is 13.6. The number of ether oxygens (including phenoxy) is 2. The number of hydrogen-bond acceptors (Lipinski definition) is 8. The zero-order chi connectivity index (χ0) is 29.9. The van der Waals surface area contributed by atoms with Crippen LogP contribution in [0.4, 0.5) is 11.4 Å². The van der Waals surface area contributed by atoms with Crippen molar-refractivity contribution in [3.63, 3.8) is 0 Å². The van der Waals surface area contributed by atoms with Gasteiger partial charge in [0.15, 0.2) is 0 Å². The number of rotatable bonds is 12. The first-order valence-electron chi connectivity index (χ1n) is 14.1. The lowest BCUT2D eigenvalue weighted by Gasteiger charge is -2.35. The van der Waals surface area contributed by atoms with E-state index in [1.807, 2.05) is 41.1 Å². The van der Waals surface area contributed by atoms with Crippen LogP contribution in [-0.2, 0) is 20.5 Å². The topological polar surface area (TPSA) is 97.2 Å². The fourth-order valence-electron chi connectivity index (χ4n) is 4.94. The van der Waals surface area contributed by atoms with Crippen LogP contribution in [0.1, 0.15) is 25.3 Å². The lowest BCUT2D eigenvalue weighted by molar-refractivity contribution is 0.206. The van der Waals surface area contributed by atoms with E-state index in [0.717, 1.165) is 24.1 Å². The standard InChI is InChI=1S/C30H38ClN5O5S/c1-30(10-11-30)22-41-28-27(20-32-36(29(28)37)26-9-5-7-24(31)19-26)34-12-14-35(15-13-34)42(38,39)21-23-6-4-8-25(18-23)33(2)16-17-40-3/h4-9,18-20H,10-17,21-22H2,1-3H3. The van der Waals surface area contributed by atoms with Crippen LogP contribution >= 0.6 is 11.6 Å². The fourth-order valence-corrected chi connectivity index (χ4v) is 6.62. The van der Waals surface area contributed by atoms with E-state index in [1.54, 1.807) is 37.6 Å². The van der Waals surface area contributed by atoms with Crippen LogP contribution in [0.2, 0.25) is 5.02 Å². The minimum Gasteiger partial charge on any atom is -0.486 e. The van der Waals surface area contributed by atoms with Crippen LogP contribution in [0.3, 0.4) is 0 Å². The molecule has 1 saturated carbocycles. The smallest absolute Gasteiger partial charge is 0.316 e. The molecular formula is C30H38ClN5O5S. The molecule has 0 atom stereocenters. The maximum Gasteiger partial charge on any atom is 0.316 e. The summed E-state index contributed by atoms with van der Waals surface area (Å²) in [6.07, 6.45) is 3.74. The summed E-state index contributed by atoms with van der Waals surface area (Å²) in [5, 5.41) is 4.93. The minimum atomic E-state index is -3.55. The van der Waals surface area contributed by atoms with Crippen LogP contribution in [0.15, 0.2) is 59.5 Å². The van der Waals surface area contributed by atoms with E-state index in [9.17, 15) is 13.2 Å². The first kappa shape index (κ1) is 30.3. The van der Waals surface area contributed by atoms with Crippen LogP contribution in [0, 0.1) is 5.41 Å². The Morgan fingerprint density at radius 3 is 2.50 bits per heavy atom. The first-order chi connectivity index (χ1) is 20.1. The number of hydrogen-bond donors (Lipinski definition) is 0. The lowest BCUT2D eigenvalue weighted by Crippen LogP contribution is -2.49. The van der Waals surface area contributed by atoms with Crippen LogP contribution < -0.4 is 20.1 Å². The Morgan fingerprint density at radius 1 is 1.07 bits per heavy atom. The molecule has 10 nitrogen and oxygen atoms in total. The molecule has 1 saturated heterocycles. The van der Waals surface area contributed by atoms with Gasteiger partial charge in [0, 0.05) is 63.0 Å². The van der Waals surface area contributed by atoms with Crippen molar-refractivity contribution in [2.45, 2.75) is 25.5 Å². The van der Waals surface area contributed by atoms with Gasteiger partial charge in [-0.25, -0.2) is 8.42 Å². The highest BCUT2D eigenvalue weighted by molar-refractivity contribution is 7.88. The third-order valence-electron chi connectivity index (χ3n) is 7.94. The van der Waals surface area contributed by atoms with Gasteiger partial charge in [-0.05, 0) is 48.7 Å². The Morgan fingerprint density at radius 2 is 1.81 bits per heavy atom. The highest BCUT2D eigenvalue weighted by Gasteiger charge is 2.39. The van der Waals surface area contributed by atoms with Gasteiger partial charge in [-0.1, -0.05) is 36.7 Å². The van der Waals surface area contributed by atoms with E-state index < -0.39 is 10.0 Å². The normalized spacial score (nSPS) is 16.8. The second-order valence-electron chi connectivity index (χ2n) is 11.4. The fraction of sp³-hybridized carbons (Fsp3) is 0.467. The molecule has 226 valence electrons. The molecular weight excluding hydrogens is 578 g/mol. The van der Waals surface area contributed by atoms with Gasteiger partial charge in [0.05, 0.1) is 30.9 Å². The number of nitrogens with zero attached hydrogens (tertiary/aromatic N) is 5. The third kappa shape index (κ3) is 7.08. The quantitative estimate of drug-likeness (QED) is 0.304. The van der Waals surface area contributed by atoms with E-state index in [4.69, 9.17) is 21.1 Å². The highest BCUT2D eigenvalue weighted by Crippen LogP contribution is 2.45. The molecule has 0 bridgehead atoms. The molecule has 1 aromatic heterocycles. The summed E-state index contributed by atoms with van der Waals surface area (Å²) >= 11 is 6.17. The largest absolute Gasteiger partial charge is 0.486 e. The highest BCUT2D eigenvalue weighted by atomic mass is 35.5. The van der Waals surface area contributed by atoms with Crippen LogP contribution in [0.5, 0.6) is 5.75 Å². The molecule has 0 unspecified atom stereocenters. The van der Waals surface area contributed by atoms with Crippen LogP contribution in [0.25, 0.3) is 5.69 Å². The molecule has 2 heterocycles. The van der Waals surface area contributed by atoms with Gasteiger partial charge in [0.2, 0.25) is 15.8 Å². The van der Waals surface area contributed by atoms with Crippen molar-refractivity contribution in [1.82, 2.24) is 14.1 Å². The Bertz CT molecular complexity index is 1570. The molecule has 1 aliphatic carbocycles. The summed E-state index contributed by atoms with van der Waals surface area (Å²) in [7, 11) is 0.0626. The molecule has 2 fully saturated rings. The van der Waals surface area contributed by atoms with E-state index in [0.29, 0.717) is 62.3 Å². The maximum absolute atomic E-state index is 13.6. The van der Waals surface area contributed by atoms with E-state index in [-0.39, 0.29) is 22.5 Å². The summed E-state index contributed by atoms with van der Waals surface area (Å²) in [5.74, 6) is 0.146. The van der Waals surface area contributed by atoms with Crippen molar-refractivity contribution in [3.8, 4) is 11.4 Å². The number of halogens is 1. The SMILES string of the molecule is COCCN(C)c1cccc(CS(=O)(=O)N2CCN(c3cnn(-c4cccc(Cl)c4)c(=O)c3OCC3(C)CC3)CC2)c1. The van der Waals surface area contributed by atoms with Gasteiger partial charge >= 0.3 is 5.56 Å². The minimum absolute atomic E-state index is 0.0660. The van der Waals surface area contributed by atoms with Crippen molar-refractivity contribution in [3.05, 3.63) is 75.7 Å². The van der Waals surface area contributed by atoms with Crippen molar-refractivity contribution in [2.24, 2.45) is 5.41 Å². The van der Waals surface area contributed by atoms with E-state index in [2.05, 4.69) is 12.0 Å². The zero-order valence-corrected chi connectivity index (χ0v) is 25.9. The van der Waals surface area contributed by atoms with Gasteiger partial charge in [-0.3, -0.25) is 4.79 Å². The third-order valence-corrected chi connectivity index (χ3v) is 10.0. The van der Waals surface area contributed by atoms with Crippen molar-refractivity contribution < 1.29 is 17.9 Å². The van der Waals surface area contributed by atoms with Gasteiger partial charge in [-0.15, -0.1) is 0 Å². The second-order valence-corrected chi connectivity index (χ2v) is 13.8. The zero-order valence-electron chi connectivity index (χ0n) is 24.3. The molecule has 0 spiro atoms. The number of benzene rings is 2. The number of piperazine rings is 1. The Labute approximate surface area is 252 Å². The number of aromatic nitrogens is 2. The molecule has 2 aliphatic rings. The summed E-state index contributed by atoms with van der Waals surface area (Å²) in [5.41, 5.74) is 2.49. The number of likely N-dealkylation sites (N-methyl/N-ethyl adjacent to an activating group) is 1. The molecule has 2 aromatic carbocycles. The Balaban J connectivity index is 1.31. The Kier molecular flexibility index (Phi) is 9.12. The molecule has 0 amide bonds. The monoisotopic (exact) mass is 615 g/mol. The number of sulfonamides is 1. The molecule has 1 aliphatic heterocycles. The molecule has 12 heteroatoms. The van der Waals surface area contributed by atoms with E-state index >= 15 is 0 Å². The summed E-state index contributed by atoms with van der Waals surface area (Å²) < 4.78 is 40.9. The van der Waals surface area contributed by atoms with Crippen LogP contribution in [-0.4, -0.2) is 82.6 Å². The van der Waals surface area contributed by atoms with Gasteiger partial charge < -0.3 is 19.3 Å². The molecule has 3 aromatic rings. The summed E-state index contributed by atoms with van der Waals surface area (Å²) in [6.45, 7) is 5.28. The lowest BCUT2D eigenvalue weighted by atomic mass is 10.2. The van der Waals surface area contributed by atoms with Gasteiger partial charge in [-0.2, -0.15) is 14.1 Å². The number of anilines is 2. The predicted octanol–water partition coefficient (Wildman–Crippen LogP) is 3.80. The second kappa shape index (κ2) is 12.6. The molecule has 42 heavy (non-hydrogen) atoms. The van der Waals surface area contributed by atoms with E-state index in [1.165, 1.54) is 8.99 Å². The molecule has 5 rings (SSSR count). The average Bonchev–Trinajstić information content (AvgIpc) is 3.72. The van der Waals surface area contributed by atoms with Crippen molar-refractivity contribution in [1.29, 1.82) is 0 Å². The summed E-state index contributed by atoms with van der Waals surface area (Å²) in [4.78, 5) is 17.7. The average molecular weight is 616 g/mol.